The Bertz CT molecular complexity index is 843. The Morgan fingerprint density at radius 2 is 2.07 bits per heavy atom. The molecule has 0 unspecified atom stereocenters. The van der Waals surface area contributed by atoms with Gasteiger partial charge < -0.3 is 15.5 Å². The minimum Gasteiger partial charge on any atom is -0.352 e. The molecule has 1 aromatic heterocycles. The number of rotatable bonds is 4. The number of benzene rings is 1. The van der Waals surface area contributed by atoms with Gasteiger partial charge in [-0.1, -0.05) is 6.07 Å². The van der Waals surface area contributed by atoms with Gasteiger partial charge in [0.2, 0.25) is 5.91 Å². The number of amides is 3. The van der Waals surface area contributed by atoms with Crippen LogP contribution in [-0.4, -0.2) is 34.9 Å². The number of halogens is 1. The lowest BCUT2D eigenvalue weighted by Gasteiger charge is -2.17. The minimum atomic E-state index is -0.341. The number of pyridine rings is 1. The average Bonchev–Trinajstić information content (AvgIpc) is 3.22. The highest BCUT2D eigenvalue weighted by molar-refractivity contribution is 5.90. The topological polar surface area (TPSA) is 74.3 Å². The molecule has 7 heteroatoms. The van der Waals surface area contributed by atoms with Crippen molar-refractivity contribution in [3.63, 3.8) is 0 Å². The molecule has 2 N–H and O–H groups in total. The normalized spacial score (nSPS) is 23.3. The number of hydrogen-bond acceptors (Lipinski definition) is 3. The van der Waals surface area contributed by atoms with Crippen LogP contribution in [0.3, 0.4) is 0 Å². The smallest absolute Gasteiger partial charge is 0.321 e. The number of anilines is 1. The van der Waals surface area contributed by atoms with E-state index < -0.39 is 0 Å². The maximum absolute atomic E-state index is 13.0. The summed E-state index contributed by atoms with van der Waals surface area (Å²) in [5, 5.41) is 5.75. The SMILES string of the molecule is O=C(NCc1cccnc1)[C@@H]1C[C@@]12CCN(C(=O)Nc1ccc(F)cc1)C2. The molecule has 6 nitrogen and oxygen atoms in total. The molecule has 1 aromatic carbocycles. The van der Waals surface area contributed by atoms with Gasteiger partial charge in [0.1, 0.15) is 5.82 Å². The Balaban J connectivity index is 1.28. The Labute approximate surface area is 156 Å². The fraction of sp³-hybridized carbons (Fsp3) is 0.350. The van der Waals surface area contributed by atoms with Gasteiger partial charge in [0, 0.05) is 49.0 Å². The van der Waals surface area contributed by atoms with E-state index in [1.807, 2.05) is 12.1 Å². The summed E-state index contributed by atoms with van der Waals surface area (Å²) in [6, 6.07) is 9.24. The summed E-state index contributed by atoms with van der Waals surface area (Å²) >= 11 is 0. The van der Waals surface area contributed by atoms with Gasteiger partial charge >= 0.3 is 6.03 Å². The number of nitrogens with one attached hydrogen (secondary N) is 2. The van der Waals surface area contributed by atoms with Crippen LogP contribution in [0, 0.1) is 17.2 Å². The summed E-state index contributed by atoms with van der Waals surface area (Å²) < 4.78 is 13.0. The first kappa shape index (κ1) is 17.5. The Kier molecular flexibility index (Phi) is 4.51. The van der Waals surface area contributed by atoms with Gasteiger partial charge in [0.05, 0.1) is 0 Å². The molecule has 0 bridgehead atoms. The maximum Gasteiger partial charge on any atom is 0.321 e. The Hall–Kier alpha value is -2.96. The molecule has 140 valence electrons. The van der Waals surface area contributed by atoms with E-state index in [2.05, 4.69) is 15.6 Å². The number of carbonyl (C=O) groups is 2. The van der Waals surface area contributed by atoms with Crippen LogP contribution in [0.1, 0.15) is 18.4 Å². The monoisotopic (exact) mass is 368 g/mol. The van der Waals surface area contributed by atoms with Crippen molar-refractivity contribution < 1.29 is 14.0 Å². The lowest BCUT2D eigenvalue weighted by atomic mass is 10.0. The summed E-state index contributed by atoms with van der Waals surface area (Å²) in [6.45, 7) is 1.67. The van der Waals surface area contributed by atoms with Crippen molar-refractivity contribution in [2.75, 3.05) is 18.4 Å². The molecule has 2 aromatic rings. The van der Waals surface area contributed by atoms with E-state index in [-0.39, 0.29) is 29.1 Å². The van der Waals surface area contributed by atoms with Crippen molar-refractivity contribution in [2.24, 2.45) is 11.3 Å². The maximum atomic E-state index is 13.0. The molecule has 4 rings (SSSR count). The zero-order valence-corrected chi connectivity index (χ0v) is 14.8. The summed E-state index contributed by atoms with van der Waals surface area (Å²) in [6.07, 6.45) is 5.08. The molecule has 2 heterocycles. The van der Waals surface area contributed by atoms with E-state index >= 15 is 0 Å². The third kappa shape index (κ3) is 3.77. The predicted octanol–water partition coefficient (Wildman–Crippen LogP) is 2.78. The first-order valence-electron chi connectivity index (χ1n) is 9.04. The molecule has 27 heavy (non-hydrogen) atoms. The van der Waals surface area contributed by atoms with Crippen molar-refractivity contribution in [2.45, 2.75) is 19.4 Å². The van der Waals surface area contributed by atoms with Crippen LogP contribution in [-0.2, 0) is 11.3 Å². The second-order valence-corrected chi connectivity index (χ2v) is 7.31. The Morgan fingerprint density at radius 1 is 1.26 bits per heavy atom. The van der Waals surface area contributed by atoms with E-state index in [1.165, 1.54) is 24.3 Å². The van der Waals surface area contributed by atoms with E-state index in [1.54, 1.807) is 17.3 Å². The largest absolute Gasteiger partial charge is 0.352 e. The zero-order chi connectivity index (χ0) is 18.9. The molecular weight excluding hydrogens is 347 g/mol. The van der Waals surface area contributed by atoms with Crippen LogP contribution in [0.15, 0.2) is 48.8 Å². The lowest BCUT2D eigenvalue weighted by Crippen LogP contribution is -2.34. The van der Waals surface area contributed by atoms with Gasteiger partial charge in [0.15, 0.2) is 0 Å². The first-order valence-corrected chi connectivity index (χ1v) is 9.04. The number of nitrogens with zero attached hydrogens (tertiary/aromatic N) is 2. The number of likely N-dealkylation sites (tertiary alicyclic amines) is 1. The van der Waals surface area contributed by atoms with Crippen LogP contribution in [0.2, 0.25) is 0 Å². The second-order valence-electron chi connectivity index (χ2n) is 7.31. The van der Waals surface area contributed by atoms with Crippen LogP contribution in [0.25, 0.3) is 0 Å². The standard InChI is InChI=1S/C20H21FN4O2/c21-15-3-5-16(6-4-15)24-19(27)25-9-7-20(13-25)10-17(20)18(26)23-12-14-2-1-8-22-11-14/h1-6,8,11,17H,7,9-10,12-13H2,(H,23,26)(H,24,27)/t17-,20+/m0/s1. The molecule has 1 saturated heterocycles. The third-order valence-corrected chi connectivity index (χ3v) is 5.46. The van der Waals surface area contributed by atoms with E-state index in [9.17, 15) is 14.0 Å². The summed E-state index contributed by atoms with van der Waals surface area (Å²) in [5.41, 5.74) is 1.43. The Morgan fingerprint density at radius 3 is 2.81 bits per heavy atom. The van der Waals surface area contributed by atoms with Crippen LogP contribution in [0.5, 0.6) is 0 Å². The molecule has 1 spiro atoms. The number of hydrogen-bond donors (Lipinski definition) is 2. The van der Waals surface area contributed by atoms with Gasteiger partial charge in [-0.05, 0) is 48.7 Å². The average molecular weight is 368 g/mol. The van der Waals surface area contributed by atoms with E-state index in [0.29, 0.717) is 25.3 Å². The van der Waals surface area contributed by atoms with Crippen molar-refractivity contribution in [3.8, 4) is 0 Å². The number of urea groups is 1. The van der Waals surface area contributed by atoms with Gasteiger partial charge in [-0.15, -0.1) is 0 Å². The molecule has 1 saturated carbocycles. The van der Waals surface area contributed by atoms with Gasteiger partial charge in [0.25, 0.3) is 0 Å². The molecule has 1 aliphatic heterocycles. The highest BCUT2D eigenvalue weighted by Crippen LogP contribution is 2.58. The molecule has 2 aliphatic rings. The number of aromatic nitrogens is 1. The quantitative estimate of drug-likeness (QED) is 0.871. The minimum absolute atomic E-state index is 0.0413. The van der Waals surface area contributed by atoms with Gasteiger partial charge in [-0.25, -0.2) is 9.18 Å². The van der Waals surface area contributed by atoms with Gasteiger partial charge in [-0.3, -0.25) is 9.78 Å². The van der Waals surface area contributed by atoms with Crippen LogP contribution < -0.4 is 10.6 Å². The fourth-order valence-electron chi connectivity index (χ4n) is 3.79. The van der Waals surface area contributed by atoms with Crippen molar-refractivity contribution >= 4 is 17.6 Å². The van der Waals surface area contributed by atoms with Crippen molar-refractivity contribution in [1.29, 1.82) is 0 Å². The van der Waals surface area contributed by atoms with E-state index in [0.717, 1.165) is 18.4 Å². The highest BCUT2D eigenvalue weighted by atomic mass is 19.1. The summed E-state index contributed by atoms with van der Waals surface area (Å²) in [4.78, 5) is 30.6. The zero-order valence-electron chi connectivity index (χ0n) is 14.8. The third-order valence-electron chi connectivity index (χ3n) is 5.46. The fourth-order valence-corrected chi connectivity index (χ4v) is 3.79. The van der Waals surface area contributed by atoms with Crippen molar-refractivity contribution in [3.05, 3.63) is 60.2 Å². The molecule has 1 aliphatic carbocycles. The summed E-state index contributed by atoms with van der Waals surface area (Å²) in [7, 11) is 0. The lowest BCUT2D eigenvalue weighted by molar-refractivity contribution is -0.123. The molecule has 2 atom stereocenters. The van der Waals surface area contributed by atoms with Crippen LogP contribution in [0.4, 0.5) is 14.9 Å². The molecule has 3 amide bonds. The molecule has 0 radical (unpaired) electrons. The molecule has 2 fully saturated rings. The van der Waals surface area contributed by atoms with Gasteiger partial charge in [-0.2, -0.15) is 0 Å². The van der Waals surface area contributed by atoms with Crippen LogP contribution >= 0.6 is 0 Å². The van der Waals surface area contributed by atoms with E-state index in [4.69, 9.17) is 0 Å². The second kappa shape index (κ2) is 6.98. The predicted molar refractivity (Wildman–Crippen MR) is 98.2 cm³/mol. The van der Waals surface area contributed by atoms with Crippen molar-refractivity contribution in [1.82, 2.24) is 15.2 Å². The summed E-state index contributed by atoms with van der Waals surface area (Å²) in [5.74, 6) is -0.344. The number of carbonyl (C=O) groups excluding carboxylic acids is 2. The highest BCUT2D eigenvalue weighted by Gasteiger charge is 2.61. The molecular formula is C20H21FN4O2. The first-order chi connectivity index (χ1) is 13.1.